The van der Waals surface area contributed by atoms with Crippen molar-refractivity contribution in [3.8, 4) is 5.69 Å². The molecule has 1 fully saturated rings. The summed E-state index contributed by atoms with van der Waals surface area (Å²) in [6.45, 7) is 8.29. The molecule has 1 aliphatic heterocycles. The van der Waals surface area contributed by atoms with E-state index in [4.69, 9.17) is 11.6 Å². The number of carbonyl (C=O) groups excluding carboxylic acids is 4. The zero-order valence-electron chi connectivity index (χ0n) is 24.6. The van der Waals surface area contributed by atoms with Gasteiger partial charge in [0.2, 0.25) is 5.91 Å². The molecular weight excluding hydrogens is 568 g/mol. The van der Waals surface area contributed by atoms with Crippen LogP contribution in [0.2, 0.25) is 5.02 Å². The Balaban J connectivity index is 1.30. The quantitative estimate of drug-likeness (QED) is 0.262. The van der Waals surface area contributed by atoms with Gasteiger partial charge in [-0.15, -0.1) is 0 Å². The normalized spacial score (nSPS) is 13.8. The van der Waals surface area contributed by atoms with E-state index in [-0.39, 0.29) is 29.9 Å². The average Bonchev–Trinajstić information content (AvgIpc) is 3.53. The molecule has 0 bridgehead atoms. The maximum atomic E-state index is 13.5. The fraction of sp³-hybridized carbons (Fsp3) is 0.344. The lowest BCUT2D eigenvalue weighted by atomic mass is 10.1. The molecule has 224 valence electrons. The van der Waals surface area contributed by atoms with Gasteiger partial charge >= 0.3 is 0 Å². The minimum absolute atomic E-state index is 0.0506. The van der Waals surface area contributed by atoms with Crippen LogP contribution in [0.25, 0.3) is 16.6 Å². The van der Waals surface area contributed by atoms with Crippen LogP contribution in [-0.2, 0) is 16.1 Å². The largest absolute Gasteiger partial charge is 0.339 e. The van der Waals surface area contributed by atoms with Gasteiger partial charge in [-0.1, -0.05) is 18.5 Å². The topological polar surface area (TPSA) is 110 Å². The summed E-state index contributed by atoms with van der Waals surface area (Å²) in [4.78, 5) is 54.3. The van der Waals surface area contributed by atoms with Crippen LogP contribution in [0.4, 0.5) is 5.69 Å². The molecule has 10 nitrogen and oxygen atoms in total. The van der Waals surface area contributed by atoms with E-state index in [1.54, 1.807) is 57.7 Å². The molecule has 1 saturated heterocycles. The third-order valence-corrected chi connectivity index (χ3v) is 7.96. The molecule has 3 heterocycles. The van der Waals surface area contributed by atoms with E-state index in [9.17, 15) is 19.2 Å². The first-order valence-corrected chi connectivity index (χ1v) is 14.8. The third kappa shape index (κ3) is 6.71. The lowest BCUT2D eigenvalue weighted by molar-refractivity contribution is -0.133. The number of benzene rings is 2. The molecule has 2 aromatic heterocycles. The zero-order chi connectivity index (χ0) is 30.7. The number of ketones is 2. The number of halogens is 1. The highest BCUT2D eigenvalue weighted by atomic mass is 35.5. The van der Waals surface area contributed by atoms with Gasteiger partial charge in [0.15, 0.2) is 5.78 Å². The Morgan fingerprint density at radius 3 is 2.35 bits per heavy atom. The van der Waals surface area contributed by atoms with Crippen LogP contribution >= 0.6 is 11.6 Å². The number of fused-ring (bicyclic) bond motifs is 1. The summed E-state index contributed by atoms with van der Waals surface area (Å²) in [5, 5.41) is 8.48. The van der Waals surface area contributed by atoms with Gasteiger partial charge in [0, 0.05) is 60.4 Å². The molecule has 4 aromatic rings. The highest BCUT2D eigenvalue weighted by Gasteiger charge is 2.24. The number of hydrogen-bond donors (Lipinski definition) is 1. The molecular formula is C32H35ClN6O4. The summed E-state index contributed by atoms with van der Waals surface area (Å²) in [6.07, 6.45) is 4.55. The predicted octanol–water partition coefficient (Wildman–Crippen LogP) is 4.76. The number of amides is 2. The minimum atomic E-state index is -0.327. The van der Waals surface area contributed by atoms with Crippen molar-refractivity contribution in [1.29, 1.82) is 0 Å². The lowest BCUT2D eigenvalue weighted by Gasteiger charge is -2.34. The van der Waals surface area contributed by atoms with Crippen LogP contribution in [0.1, 0.15) is 53.1 Å². The van der Waals surface area contributed by atoms with E-state index < -0.39 is 0 Å². The number of carbonyl (C=O) groups is 4. The smallest absolute Gasteiger partial charge is 0.257 e. The highest BCUT2D eigenvalue weighted by Crippen LogP contribution is 2.27. The van der Waals surface area contributed by atoms with Crippen molar-refractivity contribution in [2.45, 2.75) is 40.2 Å². The van der Waals surface area contributed by atoms with E-state index in [2.05, 4.69) is 15.3 Å². The molecule has 1 N–H and O–H groups in total. The highest BCUT2D eigenvalue weighted by molar-refractivity contribution is 6.31. The Morgan fingerprint density at radius 2 is 1.67 bits per heavy atom. The van der Waals surface area contributed by atoms with Crippen molar-refractivity contribution >= 4 is 51.6 Å². The van der Waals surface area contributed by atoms with Crippen molar-refractivity contribution in [1.82, 2.24) is 24.1 Å². The fourth-order valence-corrected chi connectivity index (χ4v) is 5.66. The first kappa shape index (κ1) is 30.2. The lowest BCUT2D eigenvalue weighted by Crippen LogP contribution is -2.50. The van der Waals surface area contributed by atoms with Crippen molar-refractivity contribution in [3.05, 3.63) is 76.7 Å². The Morgan fingerprint density at radius 1 is 0.953 bits per heavy atom. The van der Waals surface area contributed by atoms with Gasteiger partial charge in [0.1, 0.15) is 12.3 Å². The van der Waals surface area contributed by atoms with Crippen molar-refractivity contribution in [2.75, 3.05) is 38.0 Å². The molecule has 2 aromatic carbocycles. The molecule has 2 amide bonds. The summed E-state index contributed by atoms with van der Waals surface area (Å²) >= 11 is 6.29. The molecule has 0 spiro atoms. The molecule has 0 atom stereocenters. The van der Waals surface area contributed by atoms with Gasteiger partial charge in [-0.05, 0) is 62.7 Å². The molecule has 11 heteroatoms. The summed E-state index contributed by atoms with van der Waals surface area (Å²) < 4.78 is 3.50. The summed E-state index contributed by atoms with van der Waals surface area (Å²) in [5.41, 5.74) is 3.88. The molecule has 43 heavy (non-hydrogen) atoms. The summed E-state index contributed by atoms with van der Waals surface area (Å²) in [6, 6.07) is 12.5. The molecule has 0 radical (unpaired) electrons. The van der Waals surface area contributed by atoms with Gasteiger partial charge < -0.3 is 14.8 Å². The van der Waals surface area contributed by atoms with Crippen LogP contribution in [0.5, 0.6) is 0 Å². The molecule has 0 unspecified atom stereocenters. The average molecular weight is 603 g/mol. The van der Waals surface area contributed by atoms with Crippen molar-refractivity contribution in [2.24, 2.45) is 0 Å². The second kappa shape index (κ2) is 12.9. The van der Waals surface area contributed by atoms with Gasteiger partial charge in [0.05, 0.1) is 35.2 Å². The summed E-state index contributed by atoms with van der Waals surface area (Å²) in [7, 11) is 0. The van der Waals surface area contributed by atoms with E-state index in [0.717, 1.165) is 23.3 Å². The monoisotopic (exact) mass is 602 g/mol. The first-order chi connectivity index (χ1) is 20.6. The number of Topliss-reactive ketones (excluding diaryl/α,β-unsaturated/α-hetero) is 2. The fourth-order valence-electron chi connectivity index (χ4n) is 5.49. The van der Waals surface area contributed by atoms with Gasteiger partial charge in [-0.25, -0.2) is 4.68 Å². The number of hydrogen-bond acceptors (Lipinski definition) is 6. The number of aromatic nitrogens is 3. The zero-order valence-corrected chi connectivity index (χ0v) is 25.4. The number of anilines is 1. The number of piperazine rings is 1. The minimum Gasteiger partial charge on any atom is -0.339 e. The van der Waals surface area contributed by atoms with E-state index in [1.807, 2.05) is 32.0 Å². The van der Waals surface area contributed by atoms with Crippen molar-refractivity contribution < 1.29 is 19.2 Å². The van der Waals surface area contributed by atoms with Crippen LogP contribution in [0.3, 0.4) is 0 Å². The number of nitrogens with zero attached hydrogens (tertiary/aromatic N) is 5. The summed E-state index contributed by atoms with van der Waals surface area (Å²) in [5.74, 6) is -0.193. The van der Waals surface area contributed by atoms with Gasteiger partial charge in [0.25, 0.3) is 5.91 Å². The first-order valence-electron chi connectivity index (χ1n) is 14.4. The van der Waals surface area contributed by atoms with Crippen LogP contribution in [0.15, 0.2) is 54.9 Å². The van der Waals surface area contributed by atoms with E-state index in [1.165, 1.54) is 0 Å². The van der Waals surface area contributed by atoms with Crippen molar-refractivity contribution in [3.63, 3.8) is 0 Å². The SMILES string of the molecule is CCCC(=O)c1cnn(-c2ccc(NC(=O)c3cn(CC(=O)N4CCN(CC(C)=O)CC4)c4ccc(Cl)cc34)cc2)c1C. The Labute approximate surface area is 255 Å². The maximum absolute atomic E-state index is 13.5. The number of rotatable bonds is 10. The molecule has 0 aliphatic carbocycles. The van der Waals surface area contributed by atoms with E-state index in [0.29, 0.717) is 66.4 Å². The van der Waals surface area contributed by atoms with Gasteiger partial charge in [-0.3, -0.25) is 24.1 Å². The standard InChI is InChI=1S/C32H35ClN6O4/c1-4-5-30(41)27-17-34-39(22(27)3)25-9-7-24(8-10-25)35-32(43)28-19-38(29-11-6-23(33)16-26(28)29)20-31(42)37-14-12-36(13-15-37)18-21(2)40/h6-11,16-17,19H,4-5,12-15,18,20H2,1-3H3,(H,35,43). The Hall–Kier alpha value is -4.28. The molecule has 0 saturated carbocycles. The van der Waals surface area contributed by atoms with Crippen LogP contribution in [-0.4, -0.2) is 80.3 Å². The Kier molecular flexibility index (Phi) is 9.08. The van der Waals surface area contributed by atoms with Crippen LogP contribution in [0, 0.1) is 6.92 Å². The molecule has 1 aliphatic rings. The molecule has 5 rings (SSSR count). The predicted molar refractivity (Wildman–Crippen MR) is 166 cm³/mol. The van der Waals surface area contributed by atoms with Gasteiger partial charge in [-0.2, -0.15) is 5.10 Å². The maximum Gasteiger partial charge on any atom is 0.257 e. The van der Waals surface area contributed by atoms with E-state index >= 15 is 0 Å². The second-order valence-electron chi connectivity index (χ2n) is 10.9. The third-order valence-electron chi connectivity index (χ3n) is 7.72. The van der Waals surface area contributed by atoms with Crippen LogP contribution < -0.4 is 5.32 Å². The second-order valence-corrected chi connectivity index (χ2v) is 11.4. The number of nitrogens with one attached hydrogen (secondary N) is 1. The Bertz CT molecular complexity index is 1680.